The Morgan fingerprint density at radius 1 is 1.00 bits per heavy atom. The second-order valence-corrected chi connectivity index (χ2v) is 3.76. The minimum atomic E-state index is -0.291. The van der Waals surface area contributed by atoms with Gasteiger partial charge in [-0.1, -0.05) is 24.3 Å². The van der Waals surface area contributed by atoms with Crippen molar-refractivity contribution in [3.8, 4) is 5.75 Å². The molecule has 2 N–H and O–H groups in total. The summed E-state index contributed by atoms with van der Waals surface area (Å²) >= 11 is 0. The first-order valence-corrected chi connectivity index (χ1v) is 4.99. The average Bonchev–Trinajstić information content (AvgIpc) is 2.27. The van der Waals surface area contributed by atoms with E-state index in [1.54, 1.807) is 0 Å². The molecule has 1 heterocycles. The first kappa shape index (κ1) is 8.97. The number of nitrogens with one attached hydrogen (secondary N) is 1. The molecule has 2 aromatic carbocycles. The third kappa shape index (κ3) is 1.26. The first-order valence-electron chi connectivity index (χ1n) is 4.99. The lowest BCUT2D eigenvalue weighted by molar-refractivity contribution is 0.480. The molecule has 3 heteroatoms. The maximum atomic E-state index is 11.2. The fraction of sp³-hybridized carbons (Fsp3) is 0. The molecule has 0 spiro atoms. The monoisotopic (exact) mass is 211 g/mol. The minimum absolute atomic E-state index is 0.0181. The number of H-pyrrole nitrogens is 1. The highest BCUT2D eigenvalue weighted by molar-refractivity contribution is 5.98. The van der Waals surface area contributed by atoms with Gasteiger partial charge in [-0.25, -0.2) is 0 Å². The molecule has 0 amide bonds. The zero-order chi connectivity index (χ0) is 11.1. The highest BCUT2D eigenvalue weighted by Crippen LogP contribution is 2.26. The van der Waals surface area contributed by atoms with Crippen LogP contribution in [0.4, 0.5) is 0 Å². The highest BCUT2D eigenvalue weighted by atomic mass is 16.3. The van der Waals surface area contributed by atoms with Gasteiger partial charge in [0, 0.05) is 11.5 Å². The lowest BCUT2D eigenvalue weighted by Gasteiger charge is -2.03. The highest BCUT2D eigenvalue weighted by Gasteiger charge is 2.03. The smallest absolute Gasteiger partial charge is 0.252 e. The Bertz CT molecular complexity index is 744. The Morgan fingerprint density at radius 3 is 2.44 bits per heavy atom. The molecule has 0 saturated heterocycles. The van der Waals surface area contributed by atoms with Gasteiger partial charge in [0.25, 0.3) is 5.56 Å². The maximum Gasteiger partial charge on any atom is 0.252 e. The van der Waals surface area contributed by atoms with Gasteiger partial charge >= 0.3 is 0 Å². The number of aromatic nitrogens is 1. The molecular weight excluding hydrogens is 202 g/mol. The van der Waals surface area contributed by atoms with E-state index < -0.39 is 0 Å². The van der Waals surface area contributed by atoms with Crippen molar-refractivity contribution in [1.29, 1.82) is 0 Å². The number of aromatic amines is 1. The van der Waals surface area contributed by atoms with Gasteiger partial charge in [0.05, 0.1) is 5.52 Å². The number of fused-ring (bicyclic) bond motifs is 2. The van der Waals surface area contributed by atoms with Crippen LogP contribution in [0, 0.1) is 0 Å². The Morgan fingerprint density at radius 2 is 1.69 bits per heavy atom. The molecule has 0 unspecified atom stereocenters. The topological polar surface area (TPSA) is 53.1 Å². The lowest BCUT2D eigenvalue weighted by atomic mass is 10.1. The van der Waals surface area contributed by atoms with E-state index in [9.17, 15) is 9.90 Å². The van der Waals surface area contributed by atoms with E-state index in [0.717, 1.165) is 10.8 Å². The number of pyridine rings is 1. The SMILES string of the molecule is O=c1cc(O)c2cc3ccccc3cc2[nH]1. The van der Waals surface area contributed by atoms with E-state index >= 15 is 0 Å². The van der Waals surface area contributed by atoms with Crippen LogP contribution >= 0.6 is 0 Å². The van der Waals surface area contributed by atoms with Gasteiger partial charge in [-0.05, 0) is 22.9 Å². The summed E-state index contributed by atoms with van der Waals surface area (Å²) < 4.78 is 0. The molecule has 0 aliphatic rings. The third-order valence-corrected chi connectivity index (χ3v) is 2.69. The number of hydrogen-bond acceptors (Lipinski definition) is 2. The van der Waals surface area contributed by atoms with E-state index in [0.29, 0.717) is 10.9 Å². The molecule has 16 heavy (non-hydrogen) atoms. The molecule has 3 nitrogen and oxygen atoms in total. The molecule has 3 aromatic rings. The molecule has 78 valence electrons. The van der Waals surface area contributed by atoms with Gasteiger partial charge in [0.1, 0.15) is 5.75 Å². The molecule has 0 saturated carbocycles. The summed E-state index contributed by atoms with van der Waals surface area (Å²) in [5.74, 6) is 0.0181. The Balaban J connectivity index is 2.56. The van der Waals surface area contributed by atoms with Gasteiger partial charge in [-0.15, -0.1) is 0 Å². The van der Waals surface area contributed by atoms with Crippen molar-refractivity contribution >= 4 is 21.7 Å². The van der Waals surface area contributed by atoms with Gasteiger partial charge in [0.2, 0.25) is 0 Å². The predicted octanol–water partition coefficient (Wildman–Crippen LogP) is 2.39. The average molecular weight is 211 g/mol. The summed E-state index contributed by atoms with van der Waals surface area (Å²) in [5.41, 5.74) is 0.365. The molecule has 3 rings (SSSR count). The van der Waals surface area contributed by atoms with Crippen molar-refractivity contribution < 1.29 is 5.11 Å². The van der Waals surface area contributed by atoms with E-state index in [1.807, 2.05) is 36.4 Å². The Kier molecular flexibility index (Phi) is 1.74. The van der Waals surface area contributed by atoms with Crippen LogP contribution in [0.1, 0.15) is 0 Å². The van der Waals surface area contributed by atoms with Crippen molar-refractivity contribution in [1.82, 2.24) is 4.98 Å². The minimum Gasteiger partial charge on any atom is -0.507 e. The van der Waals surface area contributed by atoms with Crippen LogP contribution in [-0.4, -0.2) is 10.1 Å². The fourth-order valence-corrected chi connectivity index (χ4v) is 1.93. The van der Waals surface area contributed by atoms with Gasteiger partial charge in [0.15, 0.2) is 0 Å². The van der Waals surface area contributed by atoms with Crippen LogP contribution < -0.4 is 5.56 Å². The van der Waals surface area contributed by atoms with Crippen LogP contribution in [0.3, 0.4) is 0 Å². The number of aromatic hydroxyl groups is 1. The molecule has 0 radical (unpaired) electrons. The van der Waals surface area contributed by atoms with Crippen LogP contribution in [0.2, 0.25) is 0 Å². The van der Waals surface area contributed by atoms with Gasteiger partial charge in [-0.2, -0.15) is 0 Å². The second kappa shape index (κ2) is 3.10. The lowest BCUT2D eigenvalue weighted by Crippen LogP contribution is -2.02. The van der Waals surface area contributed by atoms with Crippen molar-refractivity contribution in [2.75, 3.05) is 0 Å². The quantitative estimate of drug-likeness (QED) is 0.561. The Labute approximate surface area is 91.0 Å². The zero-order valence-electron chi connectivity index (χ0n) is 8.40. The summed E-state index contributed by atoms with van der Waals surface area (Å²) in [5, 5.41) is 12.4. The number of rotatable bonds is 0. The third-order valence-electron chi connectivity index (χ3n) is 2.69. The maximum absolute atomic E-state index is 11.2. The van der Waals surface area contributed by atoms with Crippen LogP contribution in [0.5, 0.6) is 5.75 Å². The molecule has 0 aliphatic carbocycles. The molecule has 1 aromatic heterocycles. The van der Waals surface area contributed by atoms with Gasteiger partial charge in [-0.3, -0.25) is 4.79 Å². The largest absolute Gasteiger partial charge is 0.507 e. The molecule has 0 atom stereocenters. The van der Waals surface area contributed by atoms with Crippen LogP contribution in [-0.2, 0) is 0 Å². The zero-order valence-corrected chi connectivity index (χ0v) is 8.40. The van der Waals surface area contributed by atoms with E-state index in [2.05, 4.69) is 4.98 Å². The van der Waals surface area contributed by atoms with Crippen molar-refractivity contribution in [3.05, 3.63) is 52.8 Å². The Hall–Kier alpha value is -2.29. The van der Waals surface area contributed by atoms with E-state index in [1.165, 1.54) is 6.07 Å². The molecule has 0 aliphatic heterocycles. The predicted molar refractivity (Wildman–Crippen MR) is 63.7 cm³/mol. The van der Waals surface area contributed by atoms with Crippen molar-refractivity contribution in [3.63, 3.8) is 0 Å². The standard InChI is InChI=1S/C13H9NO2/c15-12-7-13(16)14-11-6-9-4-2-1-3-8(9)5-10(11)12/h1-7H,(H2,14,15,16). The van der Waals surface area contributed by atoms with Crippen molar-refractivity contribution in [2.24, 2.45) is 0 Å². The fourth-order valence-electron chi connectivity index (χ4n) is 1.93. The van der Waals surface area contributed by atoms with Gasteiger partial charge < -0.3 is 10.1 Å². The first-order chi connectivity index (χ1) is 7.74. The number of benzene rings is 2. The van der Waals surface area contributed by atoms with E-state index in [-0.39, 0.29) is 11.3 Å². The van der Waals surface area contributed by atoms with Crippen LogP contribution in [0.15, 0.2) is 47.3 Å². The summed E-state index contributed by atoms with van der Waals surface area (Å²) in [6.45, 7) is 0. The molecular formula is C13H9NO2. The molecule has 0 bridgehead atoms. The van der Waals surface area contributed by atoms with Crippen molar-refractivity contribution in [2.45, 2.75) is 0 Å². The summed E-state index contributed by atoms with van der Waals surface area (Å²) in [6.07, 6.45) is 0. The van der Waals surface area contributed by atoms with E-state index in [4.69, 9.17) is 0 Å². The second-order valence-electron chi connectivity index (χ2n) is 3.76. The summed E-state index contributed by atoms with van der Waals surface area (Å²) in [7, 11) is 0. The summed E-state index contributed by atoms with van der Waals surface area (Å²) in [4.78, 5) is 13.9. The normalized spacial score (nSPS) is 11.0. The number of hydrogen-bond donors (Lipinski definition) is 2. The summed E-state index contributed by atoms with van der Waals surface area (Å²) in [6, 6.07) is 12.8. The molecule has 0 fully saturated rings. The van der Waals surface area contributed by atoms with Crippen LogP contribution in [0.25, 0.3) is 21.7 Å².